The number of ether oxygens (including phenoxy) is 1. The molecular formula is C18H23N3O4S2. The van der Waals surface area contributed by atoms with E-state index in [9.17, 15) is 13.2 Å². The Labute approximate surface area is 162 Å². The number of nitrogens with two attached hydrogens (primary N) is 1. The van der Waals surface area contributed by atoms with E-state index in [0.717, 1.165) is 16.3 Å². The molecule has 0 radical (unpaired) electrons. The number of hydrogen-bond acceptors (Lipinski definition) is 7. The van der Waals surface area contributed by atoms with Crippen molar-refractivity contribution in [2.45, 2.75) is 30.9 Å². The fraction of sp³-hybridized carbons (Fsp3) is 0.500. The summed E-state index contributed by atoms with van der Waals surface area (Å²) in [6, 6.07) is 3.76. The first-order chi connectivity index (χ1) is 12.7. The maximum atomic E-state index is 12.8. The molecule has 1 aliphatic heterocycles. The molecule has 2 N–H and O–H groups in total. The Morgan fingerprint density at radius 2 is 2.07 bits per heavy atom. The molecule has 2 aromatic heterocycles. The number of hydrogen-bond donors (Lipinski definition) is 1. The van der Waals surface area contributed by atoms with Gasteiger partial charge in [0.25, 0.3) is 0 Å². The van der Waals surface area contributed by atoms with Crippen molar-refractivity contribution in [1.29, 1.82) is 0 Å². The van der Waals surface area contributed by atoms with Crippen LogP contribution in [0.15, 0.2) is 29.9 Å². The second kappa shape index (κ2) is 7.65. The lowest BCUT2D eigenvalue weighted by Gasteiger charge is -2.32. The normalized spacial score (nSPS) is 21.1. The van der Waals surface area contributed by atoms with Crippen LogP contribution < -0.4 is 5.73 Å². The maximum Gasteiger partial charge on any atom is 0.238 e. The molecule has 7 nitrogen and oxygen atoms in total. The van der Waals surface area contributed by atoms with E-state index in [1.165, 1.54) is 25.2 Å². The Hall–Kier alpha value is -1.84. The van der Waals surface area contributed by atoms with Gasteiger partial charge in [0, 0.05) is 35.9 Å². The number of carbonyl (C=O) groups excluding carboxylic acids is 1. The summed E-state index contributed by atoms with van der Waals surface area (Å²) >= 11 is 1.50. The minimum atomic E-state index is -3.71. The van der Waals surface area contributed by atoms with E-state index < -0.39 is 20.5 Å². The Morgan fingerprint density at radius 1 is 1.37 bits per heavy atom. The number of thiazole rings is 1. The molecule has 0 bridgehead atoms. The first-order valence-corrected chi connectivity index (χ1v) is 11.2. The van der Waals surface area contributed by atoms with Crippen molar-refractivity contribution in [3.63, 3.8) is 0 Å². The SMILES string of the molecule is CC(C)(C(N)=O)S(=O)(=O)CC1CCOCC1c1nc(-c2ccncc2)cs1. The second-order valence-corrected chi connectivity index (χ2v) is 10.7. The lowest BCUT2D eigenvalue weighted by molar-refractivity contribution is -0.119. The third-order valence-corrected chi connectivity index (χ3v) is 8.72. The number of primary amides is 1. The van der Waals surface area contributed by atoms with E-state index >= 15 is 0 Å². The molecule has 0 saturated carbocycles. The number of amides is 1. The van der Waals surface area contributed by atoms with E-state index in [2.05, 4.69) is 4.98 Å². The van der Waals surface area contributed by atoms with Crippen molar-refractivity contribution in [2.24, 2.45) is 11.7 Å². The topological polar surface area (TPSA) is 112 Å². The van der Waals surface area contributed by atoms with Gasteiger partial charge in [-0.25, -0.2) is 13.4 Å². The van der Waals surface area contributed by atoms with Crippen LogP contribution in [0.1, 0.15) is 31.2 Å². The minimum Gasteiger partial charge on any atom is -0.381 e. The molecule has 1 saturated heterocycles. The van der Waals surface area contributed by atoms with Crippen molar-refractivity contribution in [1.82, 2.24) is 9.97 Å². The van der Waals surface area contributed by atoms with Gasteiger partial charge in [0.1, 0.15) is 4.75 Å². The summed E-state index contributed by atoms with van der Waals surface area (Å²) < 4.78 is 29.6. The van der Waals surface area contributed by atoms with E-state index in [-0.39, 0.29) is 17.6 Å². The third kappa shape index (κ3) is 4.04. The average Bonchev–Trinajstić information content (AvgIpc) is 3.12. The van der Waals surface area contributed by atoms with Crippen molar-refractivity contribution in [3.8, 4) is 11.3 Å². The first-order valence-electron chi connectivity index (χ1n) is 8.68. The molecule has 27 heavy (non-hydrogen) atoms. The van der Waals surface area contributed by atoms with E-state index in [0.29, 0.717) is 19.6 Å². The third-order valence-electron chi connectivity index (χ3n) is 5.12. The Bertz CT molecular complexity index is 910. The summed E-state index contributed by atoms with van der Waals surface area (Å²) in [5, 5.41) is 2.80. The van der Waals surface area contributed by atoms with Gasteiger partial charge < -0.3 is 10.5 Å². The lowest BCUT2D eigenvalue weighted by Crippen LogP contribution is -2.48. The predicted molar refractivity (Wildman–Crippen MR) is 104 cm³/mol. The number of rotatable bonds is 6. The van der Waals surface area contributed by atoms with E-state index in [1.807, 2.05) is 17.5 Å². The van der Waals surface area contributed by atoms with Crippen molar-refractivity contribution in [3.05, 3.63) is 34.9 Å². The quantitative estimate of drug-likeness (QED) is 0.781. The monoisotopic (exact) mass is 409 g/mol. The molecule has 1 aliphatic rings. The molecule has 0 aromatic carbocycles. The summed E-state index contributed by atoms with van der Waals surface area (Å²) in [5.41, 5.74) is 7.11. The largest absolute Gasteiger partial charge is 0.381 e. The van der Waals surface area contributed by atoms with Crippen LogP contribution in [0.25, 0.3) is 11.3 Å². The fourth-order valence-electron chi connectivity index (χ4n) is 3.01. The number of aromatic nitrogens is 2. The van der Waals surface area contributed by atoms with Gasteiger partial charge in [0.2, 0.25) is 5.91 Å². The highest BCUT2D eigenvalue weighted by atomic mass is 32.2. The minimum absolute atomic E-state index is 0.110. The number of sulfone groups is 1. The molecule has 2 unspecified atom stereocenters. The van der Waals surface area contributed by atoms with Crippen molar-refractivity contribution < 1.29 is 17.9 Å². The zero-order valence-corrected chi connectivity index (χ0v) is 16.9. The Kier molecular flexibility index (Phi) is 5.64. The zero-order valence-electron chi connectivity index (χ0n) is 15.3. The van der Waals surface area contributed by atoms with Crippen LogP contribution in [0.4, 0.5) is 0 Å². The molecule has 0 spiro atoms. The van der Waals surface area contributed by atoms with Gasteiger partial charge in [-0.2, -0.15) is 0 Å². The summed E-state index contributed by atoms with van der Waals surface area (Å²) in [6.07, 6.45) is 4.02. The average molecular weight is 410 g/mol. The van der Waals surface area contributed by atoms with E-state index in [4.69, 9.17) is 15.5 Å². The molecule has 1 amide bonds. The highest BCUT2D eigenvalue weighted by Crippen LogP contribution is 2.37. The summed E-state index contributed by atoms with van der Waals surface area (Å²) in [6.45, 7) is 3.64. The van der Waals surface area contributed by atoms with Crippen molar-refractivity contribution >= 4 is 27.1 Å². The van der Waals surface area contributed by atoms with Crippen LogP contribution in [-0.4, -0.2) is 48.0 Å². The molecule has 0 aliphatic carbocycles. The first kappa shape index (κ1) is 19.9. The highest BCUT2D eigenvalue weighted by Gasteiger charge is 2.43. The van der Waals surface area contributed by atoms with E-state index in [1.54, 1.807) is 12.4 Å². The smallest absolute Gasteiger partial charge is 0.238 e. The standard InChI is InChI=1S/C18H23N3O4S2/c1-18(2,17(19)22)27(23,24)11-13-5-8-25-9-14(13)16-21-15(10-26-16)12-3-6-20-7-4-12/h3-4,6-7,10,13-14H,5,8-9,11H2,1-2H3,(H2,19,22). The predicted octanol–water partition coefficient (Wildman–Crippen LogP) is 2.00. The van der Waals surface area contributed by atoms with Gasteiger partial charge in [0.15, 0.2) is 9.84 Å². The summed E-state index contributed by atoms with van der Waals surface area (Å²) in [4.78, 5) is 20.3. The van der Waals surface area contributed by atoms with Gasteiger partial charge in [0.05, 0.1) is 23.1 Å². The van der Waals surface area contributed by atoms with Gasteiger partial charge in [-0.15, -0.1) is 11.3 Å². The molecular weight excluding hydrogens is 386 g/mol. The molecule has 9 heteroatoms. The highest BCUT2D eigenvalue weighted by molar-refractivity contribution is 7.93. The van der Waals surface area contributed by atoms with Crippen LogP contribution in [0.2, 0.25) is 0 Å². The fourth-order valence-corrected chi connectivity index (χ4v) is 5.70. The summed E-state index contributed by atoms with van der Waals surface area (Å²) in [7, 11) is -3.71. The van der Waals surface area contributed by atoms with Crippen LogP contribution in [0, 0.1) is 5.92 Å². The molecule has 2 atom stereocenters. The lowest BCUT2D eigenvalue weighted by atomic mass is 9.90. The summed E-state index contributed by atoms with van der Waals surface area (Å²) in [5.74, 6) is -1.24. The number of carbonyl (C=O) groups is 1. The Morgan fingerprint density at radius 3 is 2.74 bits per heavy atom. The van der Waals surface area contributed by atoms with Gasteiger partial charge in [-0.3, -0.25) is 9.78 Å². The Balaban J connectivity index is 1.85. The van der Waals surface area contributed by atoms with Crippen LogP contribution >= 0.6 is 11.3 Å². The maximum absolute atomic E-state index is 12.8. The molecule has 3 rings (SSSR count). The zero-order chi connectivity index (χ0) is 19.7. The molecule has 146 valence electrons. The number of pyridine rings is 1. The molecule has 2 aromatic rings. The van der Waals surface area contributed by atoms with Crippen LogP contribution in [0.3, 0.4) is 0 Å². The van der Waals surface area contributed by atoms with Gasteiger partial charge >= 0.3 is 0 Å². The molecule has 3 heterocycles. The van der Waals surface area contributed by atoms with Crippen LogP contribution in [0.5, 0.6) is 0 Å². The van der Waals surface area contributed by atoms with Gasteiger partial charge in [-0.1, -0.05) is 0 Å². The second-order valence-electron chi connectivity index (χ2n) is 7.19. The number of nitrogens with zero attached hydrogens (tertiary/aromatic N) is 2. The van der Waals surface area contributed by atoms with Crippen molar-refractivity contribution in [2.75, 3.05) is 19.0 Å². The van der Waals surface area contributed by atoms with Crippen LogP contribution in [-0.2, 0) is 19.4 Å². The molecule has 1 fully saturated rings. The van der Waals surface area contributed by atoms with Gasteiger partial charge in [-0.05, 0) is 38.3 Å².